The number of aromatic nitrogens is 1. The van der Waals surface area contributed by atoms with Crippen molar-refractivity contribution in [1.29, 1.82) is 0 Å². The third kappa shape index (κ3) is 4.61. The number of thioether (sulfide) groups is 1. The van der Waals surface area contributed by atoms with Crippen LogP contribution in [0.1, 0.15) is 12.6 Å². The van der Waals surface area contributed by atoms with Crippen LogP contribution in [0.4, 0.5) is 10.8 Å². The maximum absolute atomic E-state index is 12.3. The fourth-order valence-electron chi connectivity index (χ4n) is 2.52. The topological polar surface area (TPSA) is 51.7 Å². The lowest BCUT2D eigenvalue weighted by Gasteiger charge is -2.20. The summed E-state index contributed by atoms with van der Waals surface area (Å²) < 4.78 is 10.6. The van der Waals surface area contributed by atoms with Crippen molar-refractivity contribution in [3.05, 3.63) is 59.6 Å². The van der Waals surface area contributed by atoms with Gasteiger partial charge in [0.2, 0.25) is 5.91 Å². The molecule has 0 spiro atoms. The van der Waals surface area contributed by atoms with Crippen LogP contribution in [0.2, 0.25) is 0 Å². The minimum atomic E-state index is -0.108. The van der Waals surface area contributed by atoms with Crippen molar-refractivity contribution < 1.29 is 14.3 Å². The van der Waals surface area contributed by atoms with Gasteiger partial charge in [0.05, 0.1) is 25.6 Å². The van der Waals surface area contributed by atoms with Crippen LogP contribution >= 0.6 is 23.1 Å². The van der Waals surface area contributed by atoms with Crippen LogP contribution in [0.15, 0.2) is 58.8 Å². The number of carbonyl (C=O) groups excluding carboxylic acids is 1. The predicted molar refractivity (Wildman–Crippen MR) is 110 cm³/mol. The van der Waals surface area contributed by atoms with Crippen molar-refractivity contribution in [3.63, 3.8) is 0 Å². The largest absolute Gasteiger partial charge is 0.497 e. The van der Waals surface area contributed by atoms with Gasteiger partial charge in [0.25, 0.3) is 0 Å². The van der Waals surface area contributed by atoms with Crippen LogP contribution in [0.5, 0.6) is 11.5 Å². The van der Waals surface area contributed by atoms with Crippen LogP contribution in [0, 0.1) is 0 Å². The van der Waals surface area contributed by atoms with E-state index in [0.29, 0.717) is 16.6 Å². The van der Waals surface area contributed by atoms with Gasteiger partial charge in [-0.15, -0.1) is 23.1 Å². The summed E-state index contributed by atoms with van der Waals surface area (Å²) in [7, 11) is 3.25. The number of carbonyl (C=O) groups is 1. The van der Waals surface area contributed by atoms with E-state index in [1.807, 2.05) is 53.9 Å². The maximum atomic E-state index is 12.3. The van der Waals surface area contributed by atoms with E-state index in [9.17, 15) is 4.79 Å². The number of hydrogen-bond donors (Lipinski definition) is 0. The molecule has 0 N–H and O–H groups in total. The quantitative estimate of drug-likeness (QED) is 0.514. The fourth-order valence-corrected chi connectivity index (χ4v) is 4.29. The molecule has 0 atom stereocenters. The molecule has 0 fully saturated rings. The summed E-state index contributed by atoms with van der Waals surface area (Å²) in [6.45, 7) is 1.53. The summed E-state index contributed by atoms with van der Waals surface area (Å²) >= 11 is 3.14. The van der Waals surface area contributed by atoms with Crippen molar-refractivity contribution in [3.8, 4) is 11.5 Å². The van der Waals surface area contributed by atoms with Crippen molar-refractivity contribution in [1.82, 2.24) is 4.98 Å². The van der Waals surface area contributed by atoms with Gasteiger partial charge in [0.1, 0.15) is 11.5 Å². The minimum Gasteiger partial charge on any atom is -0.497 e. The van der Waals surface area contributed by atoms with Gasteiger partial charge in [0.15, 0.2) is 5.13 Å². The highest BCUT2D eigenvalue weighted by atomic mass is 32.2. The van der Waals surface area contributed by atoms with Crippen LogP contribution in [0.25, 0.3) is 0 Å². The predicted octanol–water partition coefficient (Wildman–Crippen LogP) is 5.14. The van der Waals surface area contributed by atoms with Gasteiger partial charge < -0.3 is 9.47 Å². The lowest BCUT2D eigenvalue weighted by molar-refractivity contribution is -0.115. The van der Waals surface area contributed by atoms with Crippen molar-refractivity contribution in [2.45, 2.75) is 17.6 Å². The van der Waals surface area contributed by atoms with E-state index in [1.54, 1.807) is 30.9 Å². The SMILES string of the molecule is COc1ccc(SCc2csc(N(C(C)=O)c3ccccc3OC)n2)cc1. The summed E-state index contributed by atoms with van der Waals surface area (Å²) in [6, 6.07) is 15.4. The minimum absolute atomic E-state index is 0.108. The molecule has 0 aliphatic carbocycles. The van der Waals surface area contributed by atoms with E-state index >= 15 is 0 Å². The maximum Gasteiger partial charge on any atom is 0.230 e. The zero-order valence-electron chi connectivity index (χ0n) is 15.3. The molecular formula is C20H20N2O3S2. The first-order valence-corrected chi connectivity index (χ1v) is 10.1. The average Bonchev–Trinajstić information content (AvgIpc) is 3.15. The van der Waals surface area contributed by atoms with Crippen LogP contribution in [-0.4, -0.2) is 25.1 Å². The molecule has 2 aromatic carbocycles. The smallest absolute Gasteiger partial charge is 0.230 e. The molecule has 0 aliphatic heterocycles. The Labute approximate surface area is 167 Å². The second kappa shape index (κ2) is 8.92. The molecule has 0 saturated carbocycles. The average molecular weight is 401 g/mol. The van der Waals surface area contributed by atoms with E-state index in [4.69, 9.17) is 9.47 Å². The van der Waals surface area contributed by atoms with E-state index in [1.165, 1.54) is 18.3 Å². The van der Waals surface area contributed by atoms with Gasteiger partial charge in [-0.05, 0) is 36.4 Å². The molecule has 1 aromatic heterocycles. The first-order valence-electron chi connectivity index (χ1n) is 8.27. The normalized spacial score (nSPS) is 10.5. The molecule has 0 aliphatic rings. The summed E-state index contributed by atoms with van der Waals surface area (Å²) in [4.78, 5) is 19.7. The van der Waals surface area contributed by atoms with Crippen molar-refractivity contribution >= 4 is 39.8 Å². The van der Waals surface area contributed by atoms with E-state index in [-0.39, 0.29) is 5.91 Å². The molecule has 27 heavy (non-hydrogen) atoms. The summed E-state index contributed by atoms with van der Waals surface area (Å²) in [6.07, 6.45) is 0. The molecule has 0 radical (unpaired) electrons. The molecular weight excluding hydrogens is 380 g/mol. The van der Waals surface area contributed by atoms with Gasteiger partial charge in [-0.2, -0.15) is 0 Å². The number of amides is 1. The zero-order chi connectivity index (χ0) is 19.2. The van der Waals surface area contributed by atoms with Gasteiger partial charge in [-0.3, -0.25) is 9.69 Å². The Morgan fingerprint density at radius 3 is 2.52 bits per heavy atom. The van der Waals surface area contributed by atoms with E-state index < -0.39 is 0 Å². The highest BCUT2D eigenvalue weighted by Crippen LogP contribution is 2.36. The molecule has 0 bridgehead atoms. The number of rotatable bonds is 7. The second-order valence-corrected chi connectivity index (χ2v) is 7.50. The Balaban J connectivity index is 1.76. The number of anilines is 2. The Morgan fingerprint density at radius 1 is 1.11 bits per heavy atom. The van der Waals surface area contributed by atoms with E-state index in [2.05, 4.69) is 4.98 Å². The molecule has 3 rings (SSSR count). The Bertz CT molecular complexity index is 910. The number of para-hydroxylation sites is 2. The molecule has 1 amide bonds. The number of nitrogens with zero attached hydrogens (tertiary/aromatic N) is 2. The monoisotopic (exact) mass is 400 g/mol. The summed E-state index contributed by atoms with van der Waals surface area (Å²) in [5.41, 5.74) is 1.62. The van der Waals surface area contributed by atoms with Crippen LogP contribution < -0.4 is 14.4 Å². The zero-order valence-corrected chi connectivity index (χ0v) is 17.0. The molecule has 5 nitrogen and oxygen atoms in total. The Hall–Kier alpha value is -2.51. The van der Waals surface area contributed by atoms with Crippen LogP contribution in [0.3, 0.4) is 0 Å². The van der Waals surface area contributed by atoms with Gasteiger partial charge in [-0.1, -0.05) is 12.1 Å². The van der Waals surface area contributed by atoms with Crippen LogP contribution in [-0.2, 0) is 10.5 Å². The first kappa shape index (κ1) is 19.3. The Morgan fingerprint density at radius 2 is 1.85 bits per heavy atom. The number of thiazole rings is 1. The standard InChI is InChI=1S/C20H20N2O3S2/c1-14(23)22(18-6-4-5-7-19(18)25-3)20-21-15(13-27-20)12-26-17-10-8-16(24-2)9-11-17/h4-11,13H,12H2,1-3H3. The second-order valence-electron chi connectivity index (χ2n) is 5.61. The molecule has 1 heterocycles. The molecule has 140 valence electrons. The highest BCUT2D eigenvalue weighted by Gasteiger charge is 2.21. The van der Waals surface area contributed by atoms with Gasteiger partial charge in [0, 0.05) is 23.0 Å². The number of ether oxygens (including phenoxy) is 2. The van der Waals surface area contributed by atoms with Gasteiger partial charge >= 0.3 is 0 Å². The number of hydrogen-bond acceptors (Lipinski definition) is 6. The van der Waals surface area contributed by atoms with Crippen molar-refractivity contribution in [2.75, 3.05) is 19.1 Å². The number of benzene rings is 2. The molecule has 3 aromatic rings. The first-order chi connectivity index (χ1) is 13.1. The third-order valence-electron chi connectivity index (χ3n) is 3.82. The third-order valence-corrected chi connectivity index (χ3v) is 5.74. The lowest BCUT2D eigenvalue weighted by Crippen LogP contribution is -2.23. The van der Waals surface area contributed by atoms with Gasteiger partial charge in [-0.25, -0.2) is 4.98 Å². The summed E-state index contributed by atoms with van der Waals surface area (Å²) in [5, 5.41) is 2.62. The highest BCUT2D eigenvalue weighted by molar-refractivity contribution is 7.98. The van der Waals surface area contributed by atoms with E-state index in [0.717, 1.165) is 22.1 Å². The molecule has 7 heteroatoms. The fraction of sp³-hybridized carbons (Fsp3) is 0.200. The van der Waals surface area contributed by atoms with Crippen molar-refractivity contribution in [2.24, 2.45) is 0 Å². The Kier molecular flexibility index (Phi) is 6.36. The molecule has 0 unspecified atom stereocenters. The molecule has 0 saturated heterocycles. The lowest BCUT2D eigenvalue weighted by atomic mass is 10.2. The summed E-state index contributed by atoms with van der Waals surface area (Å²) in [5.74, 6) is 2.09. The number of methoxy groups -OCH3 is 2.